The second kappa shape index (κ2) is 6.30. The van der Waals surface area contributed by atoms with Crippen molar-refractivity contribution < 1.29 is 9.47 Å². The van der Waals surface area contributed by atoms with Gasteiger partial charge in [0.15, 0.2) is 11.5 Å². The van der Waals surface area contributed by atoms with E-state index in [0.29, 0.717) is 6.04 Å². The lowest BCUT2D eigenvalue weighted by Crippen LogP contribution is -2.34. The lowest BCUT2D eigenvalue weighted by molar-refractivity contribution is 0.229. The van der Waals surface area contributed by atoms with Crippen LogP contribution >= 0.6 is 11.8 Å². The Balaban J connectivity index is 1.92. The third-order valence-corrected chi connectivity index (χ3v) is 3.98. The molecule has 3 nitrogen and oxygen atoms in total. The molecule has 0 unspecified atom stereocenters. The van der Waals surface area contributed by atoms with Gasteiger partial charge in [-0.3, -0.25) is 0 Å². The van der Waals surface area contributed by atoms with Crippen LogP contribution in [0.2, 0.25) is 0 Å². The summed E-state index contributed by atoms with van der Waals surface area (Å²) in [4.78, 5) is 0. The number of ether oxygens (including phenoxy) is 2. The minimum absolute atomic E-state index is 0.576. The number of methoxy groups -OCH3 is 2. The van der Waals surface area contributed by atoms with Gasteiger partial charge in [0, 0.05) is 12.6 Å². The predicted octanol–water partition coefficient (Wildman–Crippen LogP) is 3.25. The Labute approximate surface area is 114 Å². The van der Waals surface area contributed by atoms with Gasteiger partial charge in [-0.1, -0.05) is 12.5 Å². The summed E-state index contributed by atoms with van der Waals surface area (Å²) in [6.45, 7) is 0.877. The molecule has 100 valence electrons. The van der Waals surface area contributed by atoms with Crippen LogP contribution in [0.3, 0.4) is 0 Å². The first-order valence-corrected chi connectivity index (χ1v) is 6.71. The van der Waals surface area contributed by atoms with Crippen LogP contribution in [0.25, 0.3) is 0 Å². The third kappa shape index (κ3) is 3.09. The topological polar surface area (TPSA) is 21.7 Å². The van der Waals surface area contributed by atoms with Crippen LogP contribution in [0.4, 0.5) is 0 Å². The molecule has 1 fully saturated rings. The van der Waals surface area contributed by atoms with Gasteiger partial charge in [0.2, 0.25) is 0 Å². The van der Waals surface area contributed by atoms with Gasteiger partial charge in [-0.15, -0.1) is 0 Å². The molecule has 18 heavy (non-hydrogen) atoms. The molecule has 1 aliphatic rings. The van der Waals surface area contributed by atoms with E-state index in [4.69, 9.17) is 21.3 Å². The zero-order chi connectivity index (χ0) is 13.0. The molecule has 2 rings (SSSR count). The van der Waals surface area contributed by atoms with Crippen molar-refractivity contribution in [3.8, 4) is 11.5 Å². The molecule has 4 heteroatoms. The maximum atomic E-state index is 6.24. The van der Waals surface area contributed by atoms with Crippen LogP contribution in [0.1, 0.15) is 24.8 Å². The first-order chi connectivity index (χ1) is 8.74. The van der Waals surface area contributed by atoms with Crippen LogP contribution in [0.5, 0.6) is 11.5 Å². The molecule has 1 aromatic carbocycles. The molecular formula is C14H20ClNO2. The van der Waals surface area contributed by atoms with E-state index in [9.17, 15) is 0 Å². The second-order valence-electron chi connectivity index (χ2n) is 4.65. The largest absolute Gasteiger partial charge is 0.493 e. The van der Waals surface area contributed by atoms with Crippen molar-refractivity contribution in [2.45, 2.75) is 31.7 Å². The fourth-order valence-electron chi connectivity index (χ4n) is 2.12. The smallest absolute Gasteiger partial charge is 0.160 e. The van der Waals surface area contributed by atoms with Crippen molar-refractivity contribution in [1.82, 2.24) is 4.42 Å². The monoisotopic (exact) mass is 269 g/mol. The van der Waals surface area contributed by atoms with Crippen molar-refractivity contribution in [2.75, 3.05) is 20.8 Å². The van der Waals surface area contributed by atoms with Crippen molar-refractivity contribution in [3.05, 3.63) is 23.8 Å². The van der Waals surface area contributed by atoms with E-state index in [0.717, 1.165) is 24.5 Å². The maximum Gasteiger partial charge on any atom is 0.160 e. The van der Waals surface area contributed by atoms with E-state index in [2.05, 4.69) is 6.07 Å². The highest BCUT2D eigenvalue weighted by Crippen LogP contribution is 2.29. The van der Waals surface area contributed by atoms with E-state index in [1.807, 2.05) is 16.6 Å². The van der Waals surface area contributed by atoms with Crippen molar-refractivity contribution in [3.63, 3.8) is 0 Å². The fourth-order valence-corrected chi connectivity index (χ4v) is 2.40. The normalized spacial score (nSPS) is 15.6. The molecule has 0 bridgehead atoms. The number of benzene rings is 1. The SMILES string of the molecule is COc1ccc(CCN(Cl)C2CCC2)cc1OC. The van der Waals surface area contributed by atoms with E-state index in [-0.39, 0.29) is 0 Å². The first kappa shape index (κ1) is 13.5. The average Bonchev–Trinajstić information content (AvgIpc) is 2.33. The van der Waals surface area contributed by atoms with Gasteiger partial charge in [-0.05, 0) is 48.7 Å². The molecule has 0 spiro atoms. The quantitative estimate of drug-likeness (QED) is 0.740. The van der Waals surface area contributed by atoms with Crippen molar-refractivity contribution >= 4 is 11.8 Å². The summed E-state index contributed by atoms with van der Waals surface area (Å²) in [6.07, 6.45) is 4.70. The number of hydrogen-bond donors (Lipinski definition) is 0. The van der Waals surface area contributed by atoms with E-state index in [1.165, 1.54) is 24.8 Å². The van der Waals surface area contributed by atoms with Gasteiger partial charge in [0.1, 0.15) is 0 Å². The molecule has 0 radical (unpaired) electrons. The lowest BCUT2D eigenvalue weighted by Gasteiger charge is -2.32. The molecule has 0 aliphatic heterocycles. The van der Waals surface area contributed by atoms with E-state index in [1.54, 1.807) is 14.2 Å². The fraction of sp³-hybridized carbons (Fsp3) is 0.571. The Bertz CT molecular complexity index is 393. The van der Waals surface area contributed by atoms with Crippen molar-refractivity contribution in [1.29, 1.82) is 0 Å². The molecule has 1 aliphatic carbocycles. The summed E-state index contributed by atoms with van der Waals surface area (Å²) >= 11 is 6.24. The van der Waals surface area contributed by atoms with Gasteiger partial charge >= 0.3 is 0 Å². The summed E-state index contributed by atoms with van der Waals surface area (Å²) in [5.41, 5.74) is 1.22. The Morgan fingerprint density at radius 1 is 1.22 bits per heavy atom. The van der Waals surface area contributed by atoms with Gasteiger partial charge in [-0.25, -0.2) is 4.42 Å². The standard InChI is InChI=1S/C14H20ClNO2/c1-17-13-7-6-11(10-14(13)18-2)8-9-16(15)12-4-3-5-12/h6-7,10,12H,3-5,8-9H2,1-2H3. The van der Waals surface area contributed by atoms with Gasteiger partial charge in [-0.2, -0.15) is 0 Å². The van der Waals surface area contributed by atoms with Gasteiger partial charge in [0.05, 0.1) is 14.2 Å². The Kier molecular flexibility index (Phi) is 4.72. The molecule has 1 aromatic rings. The third-order valence-electron chi connectivity index (χ3n) is 3.53. The molecule has 0 heterocycles. The number of halogens is 1. The highest BCUT2D eigenvalue weighted by molar-refractivity contribution is 6.13. The van der Waals surface area contributed by atoms with Crippen LogP contribution in [0.15, 0.2) is 18.2 Å². The first-order valence-electron chi connectivity index (χ1n) is 6.38. The number of rotatable bonds is 6. The predicted molar refractivity (Wildman–Crippen MR) is 73.4 cm³/mol. The summed E-state index contributed by atoms with van der Waals surface area (Å²) in [5.74, 6) is 1.54. The molecule has 0 aromatic heterocycles. The zero-order valence-corrected chi connectivity index (χ0v) is 11.7. The molecule has 0 amide bonds. The summed E-state index contributed by atoms with van der Waals surface area (Å²) in [7, 11) is 3.30. The molecule has 0 saturated heterocycles. The minimum Gasteiger partial charge on any atom is -0.493 e. The summed E-state index contributed by atoms with van der Waals surface area (Å²) < 4.78 is 12.5. The Morgan fingerprint density at radius 2 is 1.94 bits per heavy atom. The van der Waals surface area contributed by atoms with Gasteiger partial charge in [0.25, 0.3) is 0 Å². The molecular weight excluding hydrogens is 250 g/mol. The van der Waals surface area contributed by atoms with Crippen molar-refractivity contribution in [2.24, 2.45) is 0 Å². The van der Waals surface area contributed by atoms with Gasteiger partial charge < -0.3 is 9.47 Å². The molecule has 0 N–H and O–H groups in total. The second-order valence-corrected chi connectivity index (χ2v) is 5.08. The minimum atomic E-state index is 0.576. The number of nitrogens with zero attached hydrogens (tertiary/aromatic N) is 1. The Morgan fingerprint density at radius 3 is 2.50 bits per heavy atom. The molecule has 1 saturated carbocycles. The lowest BCUT2D eigenvalue weighted by atomic mass is 9.93. The highest BCUT2D eigenvalue weighted by Gasteiger charge is 2.23. The summed E-state index contributed by atoms with van der Waals surface area (Å²) in [5, 5.41) is 0. The van der Waals surface area contributed by atoms with Crippen LogP contribution in [-0.2, 0) is 6.42 Å². The number of hydrogen-bond acceptors (Lipinski definition) is 3. The Hall–Kier alpha value is -0.930. The summed E-state index contributed by atoms with van der Waals surface area (Å²) in [6, 6.07) is 6.60. The van der Waals surface area contributed by atoms with E-state index >= 15 is 0 Å². The molecule has 0 atom stereocenters. The zero-order valence-electron chi connectivity index (χ0n) is 11.0. The van der Waals surface area contributed by atoms with Crippen LogP contribution < -0.4 is 9.47 Å². The average molecular weight is 270 g/mol. The highest BCUT2D eigenvalue weighted by atomic mass is 35.5. The van der Waals surface area contributed by atoms with Crippen LogP contribution in [0, 0.1) is 0 Å². The van der Waals surface area contributed by atoms with Crippen LogP contribution in [-0.4, -0.2) is 31.2 Å². The maximum absolute atomic E-state index is 6.24. The van der Waals surface area contributed by atoms with E-state index < -0.39 is 0 Å².